The number of rotatable bonds is 1. The van der Waals surface area contributed by atoms with Gasteiger partial charge in [0, 0.05) is 19.1 Å². The molecule has 3 atom stereocenters. The van der Waals surface area contributed by atoms with Gasteiger partial charge in [0.05, 0.1) is 6.04 Å². The lowest BCUT2D eigenvalue weighted by molar-refractivity contribution is -0.134. The molecular formula is C11H22ClN3O. The quantitative estimate of drug-likeness (QED) is 0.726. The average Bonchev–Trinajstić information content (AvgIpc) is 2.59. The van der Waals surface area contributed by atoms with Gasteiger partial charge in [0.2, 0.25) is 5.91 Å². The Hall–Kier alpha value is -0.320. The van der Waals surface area contributed by atoms with Crippen LogP contribution in [0.15, 0.2) is 0 Å². The normalized spacial score (nSPS) is 31.8. The van der Waals surface area contributed by atoms with Crippen molar-refractivity contribution in [3.05, 3.63) is 0 Å². The molecule has 2 fully saturated rings. The van der Waals surface area contributed by atoms with E-state index in [2.05, 4.69) is 11.9 Å². The smallest absolute Gasteiger partial charge is 0.239 e. The lowest BCUT2D eigenvalue weighted by Crippen LogP contribution is -2.52. The highest BCUT2D eigenvalue weighted by Gasteiger charge is 2.40. The van der Waals surface area contributed by atoms with E-state index < -0.39 is 0 Å². The Morgan fingerprint density at radius 1 is 1.38 bits per heavy atom. The number of carbonyl (C=O) groups excluding carboxylic acids is 1. The molecule has 2 heterocycles. The third-order valence-electron chi connectivity index (χ3n) is 3.74. The van der Waals surface area contributed by atoms with E-state index in [1.54, 1.807) is 6.92 Å². The first kappa shape index (κ1) is 13.7. The van der Waals surface area contributed by atoms with E-state index in [1.165, 1.54) is 13.0 Å². The second-order valence-electron chi connectivity index (χ2n) is 4.99. The number of likely N-dealkylation sites (N-methyl/N-ethyl adjacent to an activating group) is 1. The molecule has 0 aromatic rings. The van der Waals surface area contributed by atoms with Crippen LogP contribution in [0.3, 0.4) is 0 Å². The van der Waals surface area contributed by atoms with Gasteiger partial charge in [-0.2, -0.15) is 0 Å². The lowest BCUT2D eigenvalue weighted by Gasteiger charge is -2.37. The average molecular weight is 248 g/mol. The number of fused-ring (bicyclic) bond motifs is 1. The third kappa shape index (κ3) is 2.50. The Morgan fingerprint density at radius 3 is 2.62 bits per heavy atom. The molecule has 0 radical (unpaired) electrons. The Labute approximate surface area is 104 Å². The number of piperidine rings is 1. The molecule has 0 spiro atoms. The van der Waals surface area contributed by atoms with Crippen molar-refractivity contribution in [2.24, 2.45) is 11.7 Å². The van der Waals surface area contributed by atoms with Crippen LogP contribution in [0.5, 0.6) is 0 Å². The molecule has 2 rings (SSSR count). The fourth-order valence-electron chi connectivity index (χ4n) is 2.83. The van der Waals surface area contributed by atoms with Crippen molar-refractivity contribution < 1.29 is 4.79 Å². The van der Waals surface area contributed by atoms with Crippen molar-refractivity contribution >= 4 is 18.3 Å². The van der Waals surface area contributed by atoms with Gasteiger partial charge in [0.15, 0.2) is 0 Å². The highest BCUT2D eigenvalue weighted by molar-refractivity contribution is 5.85. The van der Waals surface area contributed by atoms with Crippen molar-refractivity contribution in [1.82, 2.24) is 9.80 Å². The summed E-state index contributed by atoms with van der Waals surface area (Å²) >= 11 is 0. The highest BCUT2D eigenvalue weighted by atomic mass is 35.5. The van der Waals surface area contributed by atoms with Crippen molar-refractivity contribution in [2.75, 3.05) is 26.7 Å². The SMILES string of the molecule is C[C@@H](N)C(=O)N1CCC2CCN(C)CC21.Cl. The van der Waals surface area contributed by atoms with Gasteiger partial charge in [0.1, 0.15) is 0 Å². The molecule has 0 aliphatic carbocycles. The zero-order valence-corrected chi connectivity index (χ0v) is 10.9. The van der Waals surface area contributed by atoms with E-state index in [1.807, 2.05) is 4.90 Å². The maximum absolute atomic E-state index is 11.9. The van der Waals surface area contributed by atoms with Crippen LogP contribution in [0.1, 0.15) is 19.8 Å². The van der Waals surface area contributed by atoms with Gasteiger partial charge >= 0.3 is 0 Å². The molecule has 2 aliphatic heterocycles. The summed E-state index contributed by atoms with van der Waals surface area (Å²) in [6, 6.07) is 0.0678. The number of nitrogens with two attached hydrogens (primary N) is 1. The highest BCUT2D eigenvalue weighted by Crippen LogP contribution is 2.31. The molecule has 2 unspecified atom stereocenters. The summed E-state index contributed by atoms with van der Waals surface area (Å²) in [5.74, 6) is 0.835. The summed E-state index contributed by atoms with van der Waals surface area (Å²) in [6.07, 6.45) is 2.39. The van der Waals surface area contributed by atoms with E-state index in [-0.39, 0.29) is 24.4 Å². The molecule has 5 heteroatoms. The summed E-state index contributed by atoms with van der Waals surface area (Å²) in [4.78, 5) is 16.2. The van der Waals surface area contributed by atoms with E-state index in [0.29, 0.717) is 12.0 Å². The first-order valence-corrected chi connectivity index (χ1v) is 5.84. The first-order valence-electron chi connectivity index (χ1n) is 5.84. The second-order valence-corrected chi connectivity index (χ2v) is 4.99. The van der Waals surface area contributed by atoms with Crippen LogP contribution < -0.4 is 5.73 Å². The molecule has 0 aromatic heterocycles. The zero-order chi connectivity index (χ0) is 11.0. The fraction of sp³-hybridized carbons (Fsp3) is 0.909. The Bertz CT molecular complexity index is 260. The monoisotopic (exact) mass is 247 g/mol. The summed E-state index contributed by atoms with van der Waals surface area (Å²) < 4.78 is 0. The molecule has 1 amide bonds. The van der Waals surface area contributed by atoms with Crippen LogP contribution in [0.25, 0.3) is 0 Å². The molecular weight excluding hydrogens is 226 g/mol. The van der Waals surface area contributed by atoms with Crippen LogP contribution in [-0.2, 0) is 4.79 Å². The number of likely N-dealkylation sites (tertiary alicyclic amines) is 2. The first-order chi connectivity index (χ1) is 7.09. The zero-order valence-electron chi connectivity index (χ0n) is 10.1. The van der Waals surface area contributed by atoms with E-state index >= 15 is 0 Å². The van der Waals surface area contributed by atoms with Crippen LogP contribution in [0.2, 0.25) is 0 Å². The van der Waals surface area contributed by atoms with Crippen molar-refractivity contribution in [2.45, 2.75) is 31.8 Å². The van der Waals surface area contributed by atoms with E-state index in [0.717, 1.165) is 19.5 Å². The van der Waals surface area contributed by atoms with E-state index in [9.17, 15) is 4.79 Å². The summed E-state index contributed by atoms with van der Waals surface area (Å²) in [5, 5.41) is 0. The maximum Gasteiger partial charge on any atom is 0.239 e. The van der Waals surface area contributed by atoms with Crippen LogP contribution in [0, 0.1) is 5.92 Å². The van der Waals surface area contributed by atoms with Gasteiger partial charge < -0.3 is 15.5 Å². The minimum Gasteiger partial charge on any atom is -0.337 e. The number of hydrogen-bond donors (Lipinski definition) is 1. The summed E-state index contributed by atoms with van der Waals surface area (Å²) in [7, 11) is 2.13. The topological polar surface area (TPSA) is 49.6 Å². The molecule has 0 bridgehead atoms. The standard InChI is InChI=1S/C11H21N3O.ClH/c1-8(12)11(15)14-6-4-9-3-5-13(2)7-10(9)14;/h8-10H,3-7,12H2,1-2H3;1H/t8-,9?,10?;/m1./s1. The van der Waals surface area contributed by atoms with Crippen LogP contribution in [0.4, 0.5) is 0 Å². The van der Waals surface area contributed by atoms with Crippen molar-refractivity contribution in [3.63, 3.8) is 0 Å². The Balaban J connectivity index is 0.00000128. The molecule has 94 valence electrons. The fourth-order valence-corrected chi connectivity index (χ4v) is 2.83. The van der Waals surface area contributed by atoms with Gasteiger partial charge in [-0.25, -0.2) is 0 Å². The Morgan fingerprint density at radius 2 is 2.00 bits per heavy atom. The van der Waals surface area contributed by atoms with Crippen LogP contribution >= 0.6 is 12.4 Å². The van der Waals surface area contributed by atoms with Gasteiger partial charge in [-0.05, 0) is 39.3 Å². The number of amides is 1. The largest absolute Gasteiger partial charge is 0.337 e. The minimum absolute atomic E-state index is 0. The van der Waals surface area contributed by atoms with Gasteiger partial charge in [-0.1, -0.05) is 0 Å². The maximum atomic E-state index is 11.9. The number of halogens is 1. The lowest BCUT2D eigenvalue weighted by atomic mass is 9.92. The van der Waals surface area contributed by atoms with Crippen molar-refractivity contribution in [3.8, 4) is 0 Å². The molecule has 4 nitrogen and oxygen atoms in total. The Kier molecular flexibility index (Phi) is 4.59. The third-order valence-corrected chi connectivity index (χ3v) is 3.74. The summed E-state index contributed by atoms with van der Waals surface area (Å²) in [5.41, 5.74) is 5.67. The molecule has 2 aliphatic rings. The van der Waals surface area contributed by atoms with Crippen LogP contribution in [-0.4, -0.2) is 54.5 Å². The number of nitrogens with zero attached hydrogens (tertiary/aromatic N) is 2. The number of hydrogen-bond acceptors (Lipinski definition) is 3. The van der Waals surface area contributed by atoms with E-state index in [4.69, 9.17) is 5.73 Å². The predicted octanol–water partition coefficient (Wildman–Crippen LogP) is 0.308. The molecule has 2 N–H and O–H groups in total. The minimum atomic E-state index is -0.351. The molecule has 16 heavy (non-hydrogen) atoms. The summed E-state index contributed by atoms with van der Waals surface area (Å²) in [6.45, 7) is 4.87. The second kappa shape index (κ2) is 5.34. The molecule has 0 aromatic carbocycles. The van der Waals surface area contributed by atoms with Gasteiger partial charge in [-0.15, -0.1) is 12.4 Å². The molecule has 0 saturated carbocycles. The van der Waals surface area contributed by atoms with Gasteiger partial charge in [0.25, 0.3) is 0 Å². The predicted molar refractivity (Wildman–Crippen MR) is 66.6 cm³/mol. The molecule has 2 saturated heterocycles. The van der Waals surface area contributed by atoms with Gasteiger partial charge in [-0.3, -0.25) is 4.79 Å². The van der Waals surface area contributed by atoms with Crippen molar-refractivity contribution in [1.29, 1.82) is 0 Å². The number of carbonyl (C=O) groups is 1.